The van der Waals surface area contributed by atoms with Crippen LogP contribution in [0, 0.1) is 25.7 Å². The highest BCUT2D eigenvalue weighted by molar-refractivity contribution is 5.99. The Kier molecular flexibility index (Phi) is 3.10. The Morgan fingerprint density at radius 1 is 1.31 bits per heavy atom. The van der Waals surface area contributed by atoms with E-state index >= 15 is 0 Å². The van der Waals surface area contributed by atoms with Crippen molar-refractivity contribution >= 4 is 5.78 Å². The minimum Gasteiger partial charge on any atom is -0.316 e. The minimum absolute atomic E-state index is 0.154. The van der Waals surface area contributed by atoms with Gasteiger partial charge in [0.05, 0.1) is 0 Å². The molecule has 1 N–H and O–H groups in total. The lowest BCUT2D eigenvalue weighted by Crippen LogP contribution is -2.22. The van der Waals surface area contributed by atoms with Crippen molar-refractivity contribution in [3.8, 4) is 0 Å². The van der Waals surface area contributed by atoms with Crippen LogP contribution in [0.25, 0.3) is 0 Å². The molecule has 1 fully saturated rings. The zero-order valence-electron chi connectivity index (χ0n) is 10.2. The number of benzene rings is 1. The first kappa shape index (κ1) is 11.3. The Balaban J connectivity index is 2.27. The molecule has 1 aliphatic heterocycles. The van der Waals surface area contributed by atoms with E-state index in [0.29, 0.717) is 11.7 Å². The highest BCUT2D eigenvalue weighted by Gasteiger charge is 2.30. The van der Waals surface area contributed by atoms with E-state index in [4.69, 9.17) is 0 Å². The smallest absolute Gasteiger partial charge is 0.167 e. The molecular weight excluding hydrogens is 198 g/mol. The van der Waals surface area contributed by atoms with Crippen LogP contribution in [0.5, 0.6) is 0 Å². The minimum atomic E-state index is 0.154. The van der Waals surface area contributed by atoms with Crippen molar-refractivity contribution in [3.05, 3.63) is 34.9 Å². The van der Waals surface area contributed by atoms with Crippen LogP contribution < -0.4 is 5.32 Å². The highest BCUT2D eigenvalue weighted by atomic mass is 16.1. The second-order valence-corrected chi connectivity index (χ2v) is 4.92. The number of rotatable bonds is 2. The second kappa shape index (κ2) is 4.38. The number of hydrogen-bond acceptors (Lipinski definition) is 2. The molecule has 0 saturated carbocycles. The van der Waals surface area contributed by atoms with E-state index in [0.717, 1.165) is 24.2 Å². The van der Waals surface area contributed by atoms with Crippen molar-refractivity contribution in [1.29, 1.82) is 0 Å². The number of hydrogen-bond donors (Lipinski definition) is 1. The van der Waals surface area contributed by atoms with Crippen molar-refractivity contribution in [2.45, 2.75) is 20.8 Å². The quantitative estimate of drug-likeness (QED) is 0.770. The fraction of sp³-hybridized carbons (Fsp3) is 0.500. The van der Waals surface area contributed by atoms with Gasteiger partial charge in [0.15, 0.2) is 5.78 Å². The molecule has 0 spiro atoms. The zero-order chi connectivity index (χ0) is 11.7. The number of carbonyl (C=O) groups is 1. The summed E-state index contributed by atoms with van der Waals surface area (Å²) in [7, 11) is 0. The van der Waals surface area contributed by atoms with E-state index in [1.54, 1.807) is 0 Å². The van der Waals surface area contributed by atoms with Crippen LogP contribution in [-0.4, -0.2) is 18.9 Å². The molecule has 2 heteroatoms. The first-order chi connectivity index (χ1) is 7.59. The van der Waals surface area contributed by atoms with Gasteiger partial charge in [-0.15, -0.1) is 0 Å². The van der Waals surface area contributed by atoms with Gasteiger partial charge >= 0.3 is 0 Å². The molecule has 1 aromatic carbocycles. The molecule has 2 atom stereocenters. The number of Topliss-reactive ketones (excluding diaryl/α,β-unsaturated/α-hetero) is 1. The lowest BCUT2D eigenvalue weighted by Gasteiger charge is -2.14. The van der Waals surface area contributed by atoms with Crippen LogP contribution in [0.15, 0.2) is 18.2 Å². The van der Waals surface area contributed by atoms with E-state index in [-0.39, 0.29) is 5.92 Å². The van der Waals surface area contributed by atoms with E-state index < -0.39 is 0 Å². The average molecular weight is 217 g/mol. The molecule has 2 unspecified atom stereocenters. The molecule has 86 valence electrons. The Hall–Kier alpha value is -1.15. The average Bonchev–Trinajstić information content (AvgIpc) is 2.63. The molecular formula is C14H19NO. The van der Waals surface area contributed by atoms with Crippen LogP contribution in [0.3, 0.4) is 0 Å². The zero-order valence-corrected chi connectivity index (χ0v) is 10.2. The van der Waals surface area contributed by atoms with Crippen LogP contribution >= 0.6 is 0 Å². The van der Waals surface area contributed by atoms with E-state index in [2.05, 4.69) is 25.2 Å². The molecule has 0 bridgehead atoms. The summed E-state index contributed by atoms with van der Waals surface area (Å²) in [5.74, 6) is 0.907. The third-order valence-electron chi connectivity index (χ3n) is 3.50. The van der Waals surface area contributed by atoms with Gasteiger partial charge in [0.1, 0.15) is 0 Å². The van der Waals surface area contributed by atoms with E-state index in [9.17, 15) is 4.79 Å². The number of ketones is 1. The van der Waals surface area contributed by atoms with Crippen molar-refractivity contribution in [3.63, 3.8) is 0 Å². The van der Waals surface area contributed by atoms with Crippen molar-refractivity contribution in [2.24, 2.45) is 11.8 Å². The first-order valence-electron chi connectivity index (χ1n) is 5.92. The van der Waals surface area contributed by atoms with Crippen LogP contribution in [-0.2, 0) is 0 Å². The van der Waals surface area contributed by atoms with Gasteiger partial charge in [0, 0.05) is 18.0 Å². The van der Waals surface area contributed by atoms with Gasteiger partial charge in [0.25, 0.3) is 0 Å². The maximum Gasteiger partial charge on any atom is 0.167 e. The van der Waals surface area contributed by atoms with E-state index in [1.165, 1.54) is 5.56 Å². The van der Waals surface area contributed by atoms with Crippen LogP contribution in [0.4, 0.5) is 0 Å². The van der Waals surface area contributed by atoms with Gasteiger partial charge in [-0.1, -0.05) is 30.7 Å². The van der Waals surface area contributed by atoms with Crippen LogP contribution in [0.2, 0.25) is 0 Å². The monoisotopic (exact) mass is 217 g/mol. The van der Waals surface area contributed by atoms with Gasteiger partial charge < -0.3 is 5.32 Å². The molecule has 1 saturated heterocycles. The Bertz CT molecular complexity index is 411. The summed E-state index contributed by atoms with van der Waals surface area (Å²) in [6, 6.07) is 6.07. The highest BCUT2D eigenvalue weighted by Crippen LogP contribution is 2.23. The van der Waals surface area contributed by atoms with Gasteiger partial charge in [-0.25, -0.2) is 0 Å². The van der Waals surface area contributed by atoms with Gasteiger partial charge in [0.2, 0.25) is 0 Å². The maximum atomic E-state index is 12.3. The molecule has 16 heavy (non-hydrogen) atoms. The fourth-order valence-corrected chi connectivity index (χ4v) is 2.45. The second-order valence-electron chi connectivity index (χ2n) is 4.92. The van der Waals surface area contributed by atoms with Gasteiger partial charge in [-0.05, 0) is 31.9 Å². The summed E-state index contributed by atoms with van der Waals surface area (Å²) < 4.78 is 0. The summed E-state index contributed by atoms with van der Waals surface area (Å²) in [4.78, 5) is 12.3. The maximum absolute atomic E-state index is 12.3. The van der Waals surface area contributed by atoms with Crippen molar-refractivity contribution in [1.82, 2.24) is 5.32 Å². The van der Waals surface area contributed by atoms with Crippen molar-refractivity contribution in [2.75, 3.05) is 13.1 Å². The predicted octanol–water partition coefficient (Wildman–Crippen LogP) is 2.34. The van der Waals surface area contributed by atoms with E-state index in [1.807, 2.05) is 19.1 Å². The number of nitrogens with one attached hydrogen (secondary N) is 1. The molecule has 1 aromatic rings. The first-order valence-corrected chi connectivity index (χ1v) is 5.92. The number of carbonyl (C=O) groups excluding carboxylic acids is 1. The Morgan fingerprint density at radius 2 is 2.06 bits per heavy atom. The third kappa shape index (κ3) is 2.03. The molecule has 1 heterocycles. The Labute approximate surface area is 97.1 Å². The molecule has 1 aliphatic rings. The fourth-order valence-electron chi connectivity index (χ4n) is 2.45. The number of aryl methyl sites for hydroxylation is 2. The van der Waals surface area contributed by atoms with Gasteiger partial charge in [-0.3, -0.25) is 4.79 Å². The molecule has 0 aliphatic carbocycles. The topological polar surface area (TPSA) is 29.1 Å². The molecule has 0 amide bonds. The lowest BCUT2D eigenvalue weighted by molar-refractivity contribution is 0.0907. The summed E-state index contributed by atoms with van der Waals surface area (Å²) in [6.07, 6.45) is 0. The Morgan fingerprint density at radius 3 is 2.62 bits per heavy atom. The molecule has 2 nitrogen and oxygen atoms in total. The lowest BCUT2D eigenvalue weighted by atomic mass is 9.87. The van der Waals surface area contributed by atoms with Crippen molar-refractivity contribution < 1.29 is 4.79 Å². The largest absolute Gasteiger partial charge is 0.316 e. The third-order valence-corrected chi connectivity index (χ3v) is 3.50. The summed E-state index contributed by atoms with van der Waals surface area (Å²) in [5.41, 5.74) is 3.21. The molecule has 0 aromatic heterocycles. The molecule has 0 radical (unpaired) electrons. The summed E-state index contributed by atoms with van der Waals surface area (Å²) in [5, 5.41) is 3.28. The summed E-state index contributed by atoms with van der Waals surface area (Å²) >= 11 is 0. The summed E-state index contributed by atoms with van der Waals surface area (Å²) in [6.45, 7) is 8.01. The van der Waals surface area contributed by atoms with Crippen LogP contribution in [0.1, 0.15) is 28.4 Å². The predicted molar refractivity (Wildman–Crippen MR) is 65.8 cm³/mol. The molecule has 2 rings (SSSR count). The van der Waals surface area contributed by atoms with Gasteiger partial charge in [-0.2, -0.15) is 0 Å². The SMILES string of the molecule is Cc1ccc(C(=O)C2CNCC2C)c(C)c1. The normalized spacial score (nSPS) is 24.7. The standard InChI is InChI=1S/C14H19NO/c1-9-4-5-12(10(2)6-9)14(16)13-8-15-7-11(13)3/h4-6,11,13,15H,7-8H2,1-3H3.